The van der Waals surface area contributed by atoms with E-state index in [1.807, 2.05) is 24.3 Å². The third-order valence-electron chi connectivity index (χ3n) is 2.89. The first-order chi connectivity index (χ1) is 7.33. The first-order valence-electron chi connectivity index (χ1n) is 5.48. The summed E-state index contributed by atoms with van der Waals surface area (Å²) in [6, 6.07) is 9.93. The Bertz CT molecular complexity index is 363. The Kier molecular flexibility index (Phi) is 3.03. The largest absolute Gasteiger partial charge is 0.370 e. The molecule has 2 rings (SSSR count). The summed E-state index contributed by atoms with van der Waals surface area (Å²) < 4.78 is 5.48. The maximum Gasteiger partial charge on any atom is 0.0991 e. The molecule has 2 heteroatoms. The van der Waals surface area contributed by atoms with Gasteiger partial charge in [-0.1, -0.05) is 19.1 Å². The molecule has 0 N–H and O–H groups in total. The van der Waals surface area contributed by atoms with Gasteiger partial charge in [0.15, 0.2) is 0 Å². The highest BCUT2D eigenvalue weighted by molar-refractivity contribution is 5.31. The van der Waals surface area contributed by atoms with Gasteiger partial charge in [0.25, 0.3) is 0 Å². The first kappa shape index (κ1) is 10.2. The number of benzene rings is 1. The predicted molar refractivity (Wildman–Crippen MR) is 58.4 cm³/mol. The normalized spacial score (nSPS) is 23.5. The average Bonchev–Trinajstić information content (AvgIpc) is 3.06. The maximum absolute atomic E-state index is 8.65. The number of ether oxygens (including phenoxy) is 1. The minimum absolute atomic E-state index is 0.477. The summed E-state index contributed by atoms with van der Waals surface area (Å²) in [7, 11) is 0. The van der Waals surface area contributed by atoms with Gasteiger partial charge in [-0.05, 0) is 37.0 Å². The van der Waals surface area contributed by atoms with E-state index < -0.39 is 0 Å². The van der Waals surface area contributed by atoms with Crippen LogP contribution in [-0.4, -0.2) is 12.2 Å². The highest BCUT2D eigenvalue weighted by atomic mass is 16.6. The number of hydrogen-bond acceptors (Lipinski definition) is 2. The summed E-state index contributed by atoms with van der Waals surface area (Å²) >= 11 is 0. The zero-order chi connectivity index (χ0) is 10.7. The Hall–Kier alpha value is -1.33. The Labute approximate surface area is 90.5 Å². The SMILES string of the molecule is CCC1OC1CCc1ccc(C#N)cc1. The number of epoxide rings is 1. The van der Waals surface area contributed by atoms with Gasteiger partial charge < -0.3 is 4.74 Å². The molecule has 0 saturated carbocycles. The number of hydrogen-bond donors (Lipinski definition) is 0. The molecule has 78 valence electrons. The lowest BCUT2D eigenvalue weighted by Crippen LogP contribution is -1.95. The van der Waals surface area contributed by atoms with Crippen molar-refractivity contribution in [2.24, 2.45) is 0 Å². The molecule has 1 fully saturated rings. The second kappa shape index (κ2) is 4.46. The summed E-state index contributed by atoms with van der Waals surface area (Å²) in [5, 5.41) is 8.65. The van der Waals surface area contributed by atoms with Crippen molar-refractivity contribution in [2.45, 2.75) is 38.4 Å². The number of aryl methyl sites for hydroxylation is 1. The van der Waals surface area contributed by atoms with Crippen LogP contribution in [0.4, 0.5) is 0 Å². The fourth-order valence-corrected chi connectivity index (χ4v) is 1.85. The van der Waals surface area contributed by atoms with Gasteiger partial charge in [0.2, 0.25) is 0 Å². The van der Waals surface area contributed by atoms with Gasteiger partial charge in [0, 0.05) is 0 Å². The Balaban J connectivity index is 1.82. The lowest BCUT2D eigenvalue weighted by Gasteiger charge is -1.98. The standard InChI is InChI=1S/C13H15NO/c1-2-12-13(15-12)8-7-10-3-5-11(9-14)6-4-10/h3-6,12-13H,2,7-8H2,1H3. The fraction of sp³-hybridized carbons (Fsp3) is 0.462. The van der Waals surface area contributed by atoms with E-state index in [9.17, 15) is 0 Å². The van der Waals surface area contributed by atoms with E-state index in [-0.39, 0.29) is 0 Å². The van der Waals surface area contributed by atoms with Gasteiger partial charge >= 0.3 is 0 Å². The number of nitrogens with zero attached hydrogens (tertiary/aromatic N) is 1. The van der Waals surface area contributed by atoms with E-state index in [0.717, 1.165) is 24.8 Å². The monoisotopic (exact) mass is 201 g/mol. The van der Waals surface area contributed by atoms with Gasteiger partial charge in [-0.3, -0.25) is 0 Å². The molecule has 1 aromatic rings. The highest BCUT2D eigenvalue weighted by Crippen LogP contribution is 2.29. The summed E-state index contributed by atoms with van der Waals surface area (Å²) in [5.74, 6) is 0. The first-order valence-corrected chi connectivity index (χ1v) is 5.48. The van der Waals surface area contributed by atoms with Crippen LogP contribution >= 0.6 is 0 Å². The van der Waals surface area contributed by atoms with Gasteiger partial charge in [0.05, 0.1) is 23.8 Å². The van der Waals surface area contributed by atoms with Crippen molar-refractivity contribution in [3.63, 3.8) is 0 Å². The van der Waals surface area contributed by atoms with Crippen LogP contribution in [0, 0.1) is 11.3 Å². The van der Waals surface area contributed by atoms with Crippen LogP contribution in [0.3, 0.4) is 0 Å². The van der Waals surface area contributed by atoms with E-state index in [1.165, 1.54) is 5.56 Å². The van der Waals surface area contributed by atoms with E-state index in [0.29, 0.717) is 12.2 Å². The van der Waals surface area contributed by atoms with Gasteiger partial charge in [-0.2, -0.15) is 5.26 Å². The van der Waals surface area contributed by atoms with E-state index >= 15 is 0 Å². The second-order valence-electron chi connectivity index (χ2n) is 3.97. The fourth-order valence-electron chi connectivity index (χ4n) is 1.85. The lowest BCUT2D eigenvalue weighted by atomic mass is 10.1. The van der Waals surface area contributed by atoms with Crippen molar-refractivity contribution >= 4 is 0 Å². The molecule has 0 bridgehead atoms. The van der Waals surface area contributed by atoms with Crippen molar-refractivity contribution in [2.75, 3.05) is 0 Å². The van der Waals surface area contributed by atoms with Crippen molar-refractivity contribution in [1.29, 1.82) is 5.26 Å². The van der Waals surface area contributed by atoms with Crippen molar-refractivity contribution < 1.29 is 4.74 Å². The molecule has 0 amide bonds. The second-order valence-corrected chi connectivity index (χ2v) is 3.97. The Morgan fingerprint density at radius 2 is 2.00 bits per heavy atom. The maximum atomic E-state index is 8.65. The molecule has 2 unspecified atom stereocenters. The molecule has 2 atom stereocenters. The zero-order valence-electron chi connectivity index (χ0n) is 8.94. The smallest absolute Gasteiger partial charge is 0.0991 e. The lowest BCUT2D eigenvalue weighted by molar-refractivity contribution is 0.360. The molecule has 1 heterocycles. The van der Waals surface area contributed by atoms with Crippen LogP contribution in [0.25, 0.3) is 0 Å². The quantitative estimate of drug-likeness (QED) is 0.702. The Morgan fingerprint density at radius 1 is 1.27 bits per heavy atom. The molecule has 15 heavy (non-hydrogen) atoms. The molecule has 1 aliphatic rings. The summed E-state index contributed by atoms with van der Waals surface area (Å²) in [5.41, 5.74) is 2.02. The zero-order valence-corrected chi connectivity index (χ0v) is 8.94. The van der Waals surface area contributed by atoms with Crippen LogP contribution < -0.4 is 0 Å². The summed E-state index contributed by atoms with van der Waals surface area (Å²) in [6.07, 6.45) is 4.25. The van der Waals surface area contributed by atoms with E-state index in [2.05, 4.69) is 13.0 Å². The van der Waals surface area contributed by atoms with Gasteiger partial charge in [-0.15, -0.1) is 0 Å². The van der Waals surface area contributed by atoms with Crippen LogP contribution in [-0.2, 0) is 11.2 Å². The third-order valence-corrected chi connectivity index (χ3v) is 2.89. The van der Waals surface area contributed by atoms with Crippen LogP contribution in [0.15, 0.2) is 24.3 Å². The predicted octanol–water partition coefficient (Wildman–Crippen LogP) is 2.67. The van der Waals surface area contributed by atoms with Gasteiger partial charge in [-0.25, -0.2) is 0 Å². The molecule has 1 aromatic carbocycles. The Morgan fingerprint density at radius 3 is 2.53 bits per heavy atom. The van der Waals surface area contributed by atoms with Crippen molar-refractivity contribution in [3.05, 3.63) is 35.4 Å². The number of nitriles is 1. The minimum atomic E-state index is 0.477. The van der Waals surface area contributed by atoms with Gasteiger partial charge in [0.1, 0.15) is 0 Å². The van der Waals surface area contributed by atoms with Crippen LogP contribution in [0.1, 0.15) is 30.9 Å². The van der Waals surface area contributed by atoms with Crippen LogP contribution in [0.2, 0.25) is 0 Å². The molecule has 0 radical (unpaired) electrons. The topological polar surface area (TPSA) is 36.3 Å². The molecule has 1 aliphatic heterocycles. The van der Waals surface area contributed by atoms with E-state index in [1.54, 1.807) is 0 Å². The van der Waals surface area contributed by atoms with E-state index in [4.69, 9.17) is 10.00 Å². The summed E-state index contributed by atoms with van der Waals surface area (Å²) in [6.45, 7) is 2.16. The number of rotatable bonds is 4. The molecule has 2 nitrogen and oxygen atoms in total. The molecule has 0 spiro atoms. The molecular weight excluding hydrogens is 186 g/mol. The average molecular weight is 201 g/mol. The molecule has 0 aromatic heterocycles. The minimum Gasteiger partial charge on any atom is -0.370 e. The van der Waals surface area contributed by atoms with Crippen molar-refractivity contribution in [1.82, 2.24) is 0 Å². The molecule has 0 aliphatic carbocycles. The third kappa shape index (κ3) is 2.57. The van der Waals surface area contributed by atoms with Crippen LogP contribution in [0.5, 0.6) is 0 Å². The highest BCUT2D eigenvalue weighted by Gasteiger charge is 2.35. The van der Waals surface area contributed by atoms with Crippen molar-refractivity contribution in [3.8, 4) is 6.07 Å². The molecule has 1 saturated heterocycles. The summed E-state index contributed by atoms with van der Waals surface area (Å²) in [4.78, 5) is 0. The molecular formula is C13H15NO.